The minimum atomic E-state index is -0.150. The fourth-order valence-electron chi connectivity index (χ4n) is 2.10. The van der Waals surface area contributed by atoms with E-state index in [-0.39, 0.29) is 12.2 Å². The van der Waals surface area contributed by atoms with Crippen molar-refractivity contribution in [2.75, 3.05) is 13.7 Å². The lowest BCUT2D eigenvalue weighted by Gasteiger charge is -2.33. The summed E-state index contributed by atoms with van der Waals surface area (Å²) in [5, 5.41) is 0. The van der Waals surface area contributed by atoms with Crippen LogP contribution in [0.5, 0.6) is 17.2 Å². The number of benzene rings is 1. The van der Waals surface area contributed by atoms with E-state index in [1.165, 1.54) is 0 Å². The summed E-state index contributed by atoms with van der Waals surface area (Å²) in [7, 11) is 1.65. The third-order valence-electron chi connectivity index (χ3n) is 3.05. The van der Waals surface area contributed by atoms with Crippen molar-refractivity contribution in [3.05, 3.63) is 17.7 Å². The molecule has 1 aromatic rings. The molecule has 1 aliphatic heterocycles. The monoisotopic (exact) mass is 246 g/mol. The van der Waals surface area contributed by atoms with Crippen LogP contribution in [0.2, 0.25) is 0 Å². The number of rotatable bonds is 3. The Hall–Kier alpha value is -1.82. The molecule has 0 spiro atoms. The zero-order valence-corrected chi connectivity index (χ0v) is 11.1. The van der Waals surface area contributed by atoms with Gasteiger partial charge in [-0.3, -0.25) is 0 Å². The Balaban J connectivity index is 2.36. The van der Waals surface area contributed by atoms with E-state index in [0.29, 0.717) is 5.75 Å². The number of fused-ring (bicyclic) bond motifs is 1. The quantitative estimate of drug-likeness (QED) is 0.768. The van der Waals surface area contributed by atoms with Gasteiger partial charge in [0.05, 0.1) is 7.11 Å². The minimum Gasteiger partial charge on any atom is -0.496 e. The number of ether oxygens (including phenoxy) is 3. The van der Waals surface area contributed by atoms with Gasteiger partial charge in [-0.05, 0) is 26.7 Å². The van der Waals surface area contributed by atoms with Gasteiger partial charge in [-0.2, -0.15) is 0 Å². The molecule has 0 fully saturated rings. The van der Waals surface area contributed by atoms with Gasteiger partial charge in [0.2, 0.25) is 0 Å². The second-order valence-electron chi connectivity index (χ2n) is 4.96. The third-order valence-corrected chi connectivity index (χ3v) is 3.05. The van der Waals surface area contributed by atoms with Crippen molar-refractivity contribution < 1.29 is 14.2 Å². The third kappa shape index (κ3) is 2.53. The molecule has 96 valence electrons. The van der Waals surface area contributed by atoms with Crippen molar-refractivity contribution in [1.82, 2.24) is 0 Å². The van der Waals surface area contributed by atoms with E-state index < -0.39 is 0 Å². The molecule has 0 unspecified atom stereocenters. The van der Waals surface area contributed by atoms with Crippen molar-refractivity contribution in [3.63, 3.8) is 0 Å². The smallest absolute Gasteiger partial charge is 0.148 e. The average molecular weight is 246 g/mol. The van der Waals surface area contributed by atoms with Crippen molar-refractivity contribution >= 4 is 0 Å². The average Bonchev–Trinajstić information content (AvgIpc) is 2.33. The van der Waals surface area contributed by atoms with Crippen LogP contribution < -0.4 is 14.2 Å². The van der Waals surface area contributed by atoms with Crippen LogP contribution in [0.25, 0.3) is 0 Å². The van der Waals surface area contributed by atoms with Crippen LogP contribution in [0.4, 0.5) is 0 Å². The first kappa shape index (κ1) is 12.6. The van der Waals surface area contributed by atoms with E-state index in [2.05, 4.69) is 19.8 Å². The molecule has 1 aromatic carbocycles. The summed E-state index contributed by atoms with van der Waals surface area (Å²) in [6.45, 7) is 4.40. The van der Waals surface area contributed by atoms with E-state index in [1.807, 2.05) is 12.1 Å². The standard InChI is InChI=1S/C15H18O3/c1-5-8-17-11-9-13(16-4)12-6-7-15(2,3)18-14(12)10-11/h1,9-10H,6-8H2,2-4H3. The lowest BCUT2D eigenvalue weighted by Crippen LogP contribution is -2.32. The van der Waals surface area contributed by atoms with Crippen LogP contribution in [0.15, 0.2) is 12.1 Å². The summed E-state index contributed by atoms with van der Waals surface area (Å²) < 4.78 is 16.8. The minimum absolute atomic E-state index is 0.150. The highest BCUT2D eigenvalue weighted by atomic mass is 16.5. The molecule has 1 heterocycles. The highest BCUT2D eigenvalue weighted by molar-refractivity contribution is 5.52. The van der Waals surface area contributed by atoms with Gasteiger partial charge in [0, 0.05) is 17.7 Å². The molecular weight excluding hydrogens is 228 g/mol. The topological polar surface area (TPSA) is 27.7 Å². The fraction of sp³-hybridized carbons (Fsp3) is 0.467. The normalized spacial score (nSPS) is 16.1. The Morgan fingerprint density at radius 1 is 1.44 bits per heavy atom. The number of hydrogen-bond acceptors (Lipinski definition) is 3. The Morgan fingerprint density at radius 3 is 2.89 bits per heavy atom. The molecule has 0 amide bonds. The zero-order valence-electron chi connectivity index (χ0n) is 11.1. The lowest BCUT2D eigenvalue weighted by molar-refractivity contribution is 0.0832. The molecular formula is C15H18O3. The molecule has 0 saturated heterocycles. The second-order valence-corrected chi connectivity index (χ2v) is 4.96. The van der Waals surface area contributed by atoms with Gasteiger partial charge >= 0.3 is 0 Å². The number of hydrogen-bond donors (Lipinski definition) is 0. The summed E-state index contributed by atoms with van der Waals surface area (Å²) in [5.74, 6) is 4.76. The molecule has 0 aliphatic carbocycles. The van der Waals surface area contributed by atoms with Crippen molar-refractivity contribution in [1.29, 1.82) is 0 Å². The first-order valence-corrected chi connectivity index (χ1v) is 6.02. The fourth-order valence-corrected chi connectivity index (χ4v) is 2.10. The van der Waals surface area contributed by atoms with Crippen LogP contribution in [0, 0.1) is 12.3 Å². The molecule has 0 N–H and O–H groups in total. The van der Waals surface area contributed by atoms with Gasteiger partial charge in [-0.15, -0.1) is 6.42 Å². The molecule has 0 atom stereocenters. The van der Waals surface area contributed by atoms with Crippen LogP contribution in [0.3, 0.4) is 0 Å². The molecule has 1 aliphatic rings. The van der Waals surface area contributed by atoms with Crippen LogP contribution in [0.1, 0.15) is 25.8 Å². The molecule has 0 radical (unpaired) electrons. The maximum Gasteiger partial charge on any atom is 0.148 e. The summed E-state index contributed by atoms with van der Waals surface area (Å²) in [6.07, 6.45) is 7.11. The highest BCUT2D eigenvalue weighted by Crippen LogP contribution is 2.41. The molecule has 0 saturated carbocycles. The predicted molar refractivity (Wildman–Crippen MR) is 70.4 cm³/mol. The second kappa shape index (κ2) is 4.81. The maximum atomic E-state index is 5.97. The summed E-state index contributed by atoms with van der Waals surface area (Å²) in [6, 6.07) is 3.74. The first-order valence-electron chi connectivity index (χ1n) is 6.02. The van der Waals surface area contributed by atoms with Gasteiger partial charge in [-0.1, -0.05) is 5.92 Å². The van der Waals surface area contributed by atoms with E-state index in [4.69, 9.17) is 20.6 Å². The van der Waals surface area contributed by atoms with E-state index in [0.717, 1.165) is 29.9 Å². The van der Waals surface area contributed by atoms with Crippen LogP contribution >= 0.6 is 0 Å². The van der Waals surface area contributed by atoms with Crippen LogP contribution in [-0.4, -0.2) is 19.3 Å². The summed E-state index contributed by atoms with van der Waals surface area (Å²) >= 11 is 0. The highest BCUT2D eigenvalue weighted by Gasteiger charge is 2.29. The van der Waals surface area contributed by atoms with Gasteiger partial charge in [-0.25, -0.2) is 0 Å². The molecule has 3 nitrogen and oxygen atoms in total. The van der Waals surface area contributed by atoms with Crippen molar-refractivity contribution in [3.8, 4) is 29.6 Å². The molecule has 18 heavy (non-hydrogen) atoms. The SMILES string of the molecule is C#CCOc1cc(OC)c2c(c1)OC(C)(C)CC2. The molecule has 2 rings (SSSR count). The largest absolute Gasteiger partial charge is 0.496 e. The Morgan fingerprint density at radius 2 is 2.22 bits per heavy atom. The molecule has 3 heteroatoms. The maximum absolute atomic E-state index is 5.97. The van der Waals surface area contributed by atoms with E-state index in [1.54, 1.807) is 7.11 Å². The predicted octanol–water partition coefficient (Wildman–Crippen LogP) is 2.81. The number of terminal acetylenes is 1. The van der Waals surface area contributed by atoms with Gasteiger partial charge in [0.1, 0.15) is 29.5 Å². The van der Waals surface area contributed by atoms with Gasteiger partial charge in [0.25, 0.3) is 0 Å². The first-order chi connectivity index (χ1) is 8.55. The van der Waals surface area contributed by atoms with Crippen LogP contribution in [-0.2, 0) is 6.42 Å². The zero-order chi connectivity index (χ0) is 13.2. The summed E-state index contributed by atoms with van der Waals surface area (Å²) in [5.41, 5.74) is 0.952. The molecule has 0 aromatic heterocycles. The summed E-state index contributed by atoms with van der Waals surface area (Å²) in [4.78, 5) is 0. The lowest BCUT2D eigenvalue weighted by atomic mass is 9.93. The van der Waals surface area contributed by atoms with E-state index >= 15 is 0 Å². The van der Waals surface area contributed by atoms with Crippen molar-refractivity contribution in [2.45, 2.75) is 32.3 Å². The Labute approximate surface area is 108 Å². The van der Waals surface area contributed by atoms with Crippen molar-refractivity contribution in [2.24, 2.45) is 0 Å². The van der Waals surface area contributed by atoms with E-state index in [9.17, 15) is 0 Å². The Kier molecular flexibility index (Phi) is 3.38. The Bertz CT molecular complexity index is 483. The van der Waals surface area contributed by atoms with Gasteiger partial charge in [0.15, 0.2) is 0 Å². The number of methoxy groups -OCH3 is 1. The molecule has 0 bridgehead atoms. The van der Waals surface area contributed by atoms with Gasteiger partial charge < -0.3 is 14.2 Å².